The molecule has 0 atom stereocenters. The molecule has 0 spiro atoms. The maximum absolute atomic E-state index is 5.00. The van der Waals surface area contributed by atoms with E-state index in [1.54, 1.807) is 0 Å². The number of anilines is 3. The summed E-state index contributed by atoms with van der Waals surface area (Å²) in [5.74, 6) is 0.811. The molecule has 6 rings (SSSR count). The third kappa shape index (κ3) is 4.84. The molecule has 3 nitrogen and oxygen atoms in total. The van der Waals surface area contributed by atoms with Crippen LogP contribution in [0.5, 0.6) is 0 Å². The fourth-order valence-corrected chi connectivity index (χ4v) is 4.19. The molecule has 0 aliphatic heterocycles. The van der Waals surface area contributed by atoms with Crippen molar-refractivity contribution in [3.8, 4) is 22.5 Å². The number of hydrogen-bond acceptors (Lipinski definition) is 3. The van der Waals surface area contributed by atoms with E-state index in [0.29, 0.717) is 0 Å². The molecule has 0 N–H and O–H groups in total. The van der Waals surface area contributed by atoms with Crippen molar-refractivity contribution in [3.05, 3.63) is 140 Å². The quantitative estimate of drug-likeness (QED) is 0.178. The Morgan fingerprint density at radius 2 is 1.36 bits per heavy atom. The standard InChI is InChI=1S/C32H21N3.Pt/c1-3-11-24(12-4-1)30-19-10-20-32(34-30)35(28-16-5-2-6-17-28)29-18-9-15-26(21-29)31-22-25-13-7-8-14-27(25)23-33-31;/h1-11,13-20,22-23H;/q-2;+2. The Hall–Kier alpha value is -4.07. The van der Waals surface area contributed by atoms with Crippen LogP contribution >= 0.6 is 0 Å². The van der Waals surface area contributed by atoms with Crippen LogP contribution in [0.25, 0.3) is 33.3 Å². The first kappa shape index (κ1) is 23.7. The summed E-state index contributed by atoms with van der Waals surface area (Å²) in [7, 11) is 0. The molecule has 0 bridgehead atoms. The Kier molecular flexibility index (Phi) is 7.02. The molecule has 0 aliphatic carbocycles. The number of rotatable bonds is 5. The number of para-hydroxylation sites is 1. The van der Waals surface area contributed by atoms with E-state index in [1.165, 1.54) is 0 Å². The van der Waals surface area contributed by atoms with E-state index in [9.17, 15) is 0 Å². The number of pyridine rings is 2. The van der Waals surface area contributed by atoms with Gasteiger partial charge in [-0.2, -0.15) is 0 Å². The predicted octanol–water partition coefficient (Wildman–Crippen LogP) is 8.03. The maximum Gasteiger partial charge on any atom is 2.00 e. The van der Waals surface area contributed by atoms with E-state index >= 15 is 0 Å². The van der Waals surface area contributed by atoms with Gasteiger partial charge in [-0.1, -0.05) is 60.7 Å². The number of benzene rings is 4. The molecule has 0 saturated carbocycles. The third-order valence-electron chi connectivity index (χ3n) is 5.89. The zero-order valence-electron chi connectivity index (χ0n) is 19.3. The van der Waals surface area contributed by atoms with Crippen molar-refractivity contribution in [2.45, 2.75) is 0 Å². The fraction of sp³-hybridized carbons (Fsp3) is 0. The first-order valence-electron chi connectivity index (χ1n) is 11.5. The molecule has 6 aromatic rings. The molecule has 0 unspecified atom stereocenters. The molecule has 2 aromatic heterocycles. The molecule has 0 saturated heterocycles. The van der Waals surface area contributed by atoms with Crippen LogP contribution in [0.4, 0.5) is 17.2 Å². The summed E-state index contributed by atoms with van der Waals surface area (Å²) in [5, 5.41) is 2.28. The molecular formula is C32H21N3Pt. The first-order valence-corrected chi connectivity index (χ1v) is 11.5. The summed E-state index contributed by atoms with van der Waals surface area (Å²) in [4.78, 5) is 11.8. The Morgan fingerprint density at radius 3 is 2.19 bits per heavy atom. The van der Waals surface area contributed by atoms with Gasteiger partial charge in [0.25, 0.3) is 0 Å². The SMILES string of the molecule is [Pt+2].[c-]1ccccc1-c1cccc(N(c2[c-]c(-c3cc4ccccc4cn3)ccc2)c2ccccc2)n1. The summed E-state index contributed by atoms with van der Waals surface area (Å²) in [6.45, 7) is 0. The van der Waals surface area contributed by atoms with Gasteiger partial charge in [0.1, 0.15) is 5.82 Å². The minimum Gasteiger partial charge on any atom is -0.314 e. The smallest absolute Gasteiger partial charge is 0.314 e. The molecular weight excluding hydrogens is 621 g/mol. The van der Waals surface area contributed by atoms with E-state index in [2.05, 4.69) is 53.4 Å². The predicted molar refractivity (Wildman–Crippen MR) is 143 cm³/mol. The van der Waals surface area contributed by atoms with Gasteiger partial charge in [0, 0.05) is 11.9 Å². The van der Waals surface area contributed by atoms with Gasteiger partial charge in [-0.15, -0.1) is 65.7 Å². The fourth-order valence-electron chi connectivity index (χ4n) is 4.19. The Bertz CT molecular complexity index is 1600. The van der Waals surface area contributed by atoms with Crippen molar-refractivity contribution < 1.29 is 21.1 Å². The maximum atomic E-state index is 5.00. The van der Waals surface area contributed by atoms with Gasteiger partial charge in [-0.3, -0.25) is 4.98 Å². The topological polar surface area (TPSA) is 29.0 Å². The number of nitrogens with zero attached hydrogens (tertiary/aromatic N) is 3. The molecule has 0 fully saturated rings. The van der Waals surface area contributed by atoms with Gasteiger partial charge >= 0.3 is 21.1 Å². The van der Waals surface area contributed by atoms with Crippen LogP contribution in [-0.4, -0.2) is 9.97 Å². The first-order chi connectivity index (χ1) is 17.3. The van der Waals surface area contributed by atoms with Crippen molar-refractivity contribution in [1.29, 1.82) is 0 Å². The summed E-state index contributed by atoms with van der Waals surface area (Å²) < 4.78 is 0. The molecule has 36 heavy (non-hydrogen) atoms. The van der Waals surface area contributed by atoms with Crippen LogP contribution in [0.15, 0.2) is 128 Å². The second-order valence-electron chi connectivity index (χ2n) is 8.19. The third-order valence-corrected chi connectivity index (χ3v) is 5.89. The van der Waals surface area contributed by atoms with Crippen molar-refractivity contribution in [2.75, 3.05) is 4.90 Å². The zero-order valence-corrected chi connectivity index (χ0v) is 21.6. The van der Waals surface area contributed by atoms with Crippen LogP contribution in [0.2, 0.25) is 0 Å². The van der Waals surface area contributed by atoms with Crippen LogP contribution < -0.4 is 4.90 Å². The van der Waals surface area contributed by atoms with Crippen molar-refractivity contribution in [1.82, 2.24) is 9.97 Å². The molecule has 2 heterocycles. The molecule has 4 aromatic carbocycles. The van der Waals surface area contributed by atoms with Crippen molar-refractivity contribution in [3.63, 3.8) is 0 Å². The Morgan fingerprint density at radius 1 is 0.611 bits per heavy atom. The van der Waals surface area contributed by atoms with Crippen molar-refractivity contribution >= 4 is 28.0 Å². The zero-order chi connectivity index (χ0) is 23.5. The summed E-state index contributed by atoms with van der Waals surface area (Å²) in [5.41, 5.74) is 5.55. The van der Waals surface area contributed by atoms with E-state index in [0.717, 1.165) is 50.5 Å². The minimum atomic E-state index is 0. The van der Waals surface area contributed by atoms with Crippen molar-refractivity contribution in [2.24, 2.45) is 0 Å². The largest absolute Gasteiger partial charge is 2.00 e. The number of fused-ring (bicyclic) bond motifs is 1. The summed E-state index contributed by atoms with van der Waals surface area (Å²) >= 11 is 0. The molecule has 0 amide bonds. The molecule has 0 radical (unpaired) electrons. The number of aromatic nitrogens is 2. The van der Waals surface area contributed by atoms with E-state index in [4.69, 9.17) is 9.97 Å². The summed E-state index contributed by atoms with van der Waals surface area (Å²) in [6, 6.07) is 47.6. The minimum absolute atomic E-state index is 0. The van der Waals surface area contributed by atoms with Crippen LogP contribution in [0.3, 0.4) is 0 Å². The molecule has 0 aliphatic rings. The van der Waals surface area contributed by atoms with Gasteiger partial charge in [0.2, 0.25) is 0 Å². The van der Waals surface area contributed by atoms with Crippen LogP contribution in [-0.2, 0) is 21.1 Å². The Balaban J connectivity index is 0.00000267. The second-order valence-corrected chi connectivity index (χ2v) is 8.19. The summed E-state index contributed by atoms with van der Waals surface area (Å²) in [6.07, 6.45) is 1.92. The van der Waals surface area contributed by atoms with E-state index < -0.39 is 0 Å². The number of hydrogen-bond donors (Lipinski definition) is 0. The van der Waals surface area contributed by atoms with Gasteiger partial charge in [-0.25, -0.2) is 0 Å². The molecule has 174 valence electrons. The van der Waals surface area contributed by atoms with Gasteiger partial charge in [0.15, 0.2) is 0 Å². The molecule has 4 heteroatoms. The average Bonchev–Trinajstić information content (AvgIpc) is 2.94. The van der Waals surface area contributed by atoms with Crippen LogP contribution in [0.1, 0.15) is 0 Å². The van der Waals surface area contributed by atoms with E-state index in [1.807, 2.05) is 91.1 Å². The van der Waals surface area contributed by atoms with Gasteiger partial charge in [0.05, 0.1) is 0 Å². The Labute approximate surface area is 225 Å². The van der Waals surface area contributed by atoms with Gasteiger partial charge < -0.3 is 9.88 Å². The monoisotopic (exact) mass is 642 g/mol. The normalized spacial score (nSPS) is 10.6. The second kappa shape index (κ2) is 10.7. The van der Waals surface area contributed by atoms with Gasteiger partial charge in [-0.05, 0) is 46.0 Å². The van der Waals surface area contributed by atoms with Crippen LogP contribution in [0, 0.1) is 12.1 Å². The average molecular weight is 643 g/mol. The van der Waals surface area contributed by atoms with E-state index in [-0.39, 0.29) is 21.1 Å².